The molecule has 0 aliphatic rings. The maximum Gasteiger partial charge on any atom is 0.153 e. The number of para-hydroxylation sites is 1. The van der Waals surface area contributed by atoms with Crippen LogP contribution >= 0.6 is 0 Å². The third-order valence-corrected chi connectivity index (χ3v) is 3.25. The van der Waals surface area contributed by atoms with Gasteiger partial charge in [0.25, 0.3) is 0 Å². The number of aldehydes is 1. The van der Waals surface area contributed by atoms with Crippen molar-refractivity contribution in [3.8, 4) is 5.75 Å². The van der Waals surface area contributed by atoms with Crippen LogP contribution in [0.15, 0.2) is 48.8 Å². The van der Waals surface area contributed by atoms with Crippen LogP contribution in [0.3, 0.4) is 0 Å². The third kappa shape index (κ3) is 2.16. The number of nitrogens with zero attached hydrogens (tertiary/aromatic N) is 2. The Morgan fingerprint density at radius 2 is 2.10 bits per heavy atom. The summed E-state index contributed by atoms with van der Waals surface area (Å²) in [5.41, 5.74) is 3.26. The van der Waals surface area contributed by atoms with Crippen molar-refractivity contribution in [2.45, 2.75) is 6.42 Å². The summed E-state index contributed by atoms with van der Waals surface area (Å²) in [6, 6.07) is 11.5. The van der Waals surface area contributed by atoms with E-state index in [-0.39, 0.29) is 0 Å². The molecule has 3 rings (SSSR count). The van der Waals surface area contributed by atoms with Crippen LogP contribution in [-0.4, -0.2) is 22.8 Å². The minimum absolute atomic E-state index is 0.596. The smallest absolute Gasteiger partial charge is 0.153 e. The SMILES string of the molecule is COc1ccccc1Cc1cn2cccc(C=O)c2n1. The molecule has 3 aromatic rings. The van der Waals surface area contributed by atoms with E-state index in [2.05, 4.69) is 4.98 Å². The third-order valence-electron chi connectivity index (χ3n) is 3.25. The lowest BCUT2D eigenvalue weighted by atomic mass is 10.1. The number of rotatable bonds is 4. The van der Waals surface area contributed by atoms with Crippen molar-refractivity contribution in [3.63, 3.8) is 0 Å². The molecule has 0 saturated heterocycles. The lowest BCUT2D eigenvalue weighted by Crippen LogP contribution is -1.93. The Balaban J connectivity index is 2.01. The summed E-state index contributed by atoms with van der Waals surface area (Å²) >= 11 is 0. The van der Waals surface area contributed by atoms with Gasteiger partial charge in [0.1, 0.15) is 11.4 Å². The van der Waals surface area contributed by atoms with Crippen LogP contribution in [0.2, 0.25) is 0 Å². The minimum atomic E-state index is 0.596. The first kappa shape index (κ1) is 12.4. The zero-order valence-electron chi connectivity index (χ0n) is 11.1. The predicted molar refractivity (Wildman–Crippen MR) is 76.4 cm³/mol. The van der Waals surface area contributed by atoms with Crippen LogP contribution in [0.1, 0.15) is 21.6 Å². The van der Waals surface area contributed by atoms with Gasteiger partial charge in [-0.1, -0.05) is 18.2 Å². The van der Waals surface area contributed by atoms with Gasteiger partial charge in [-0.2, -0.15) is 0 Å². The fourth-order valence-electron chi connectivity index (χ4n) is 2.31. The molecule has 0 aliphatic carbocycles. The summed E-state index contributed by atoms with van der Waals surface area (Å²) < 4.78 is 7.22. The Bertz CT molecular complexity index is 762. The molecule has 4 heteroatoms. The summed E-state index contributed by atoms with van der Waals surface area (Å²) in [6.45, 7) is 0. The van der Waals surface area contributed by atoms with Crippen molar-refractivity contribution in [2.75, 3.05) is 7.11 Å². The van der Waals surface area contributed by atoms with Crippen LogP contribution in [0.5, 0.6) is 5.75 Å². The fourth-order valence-corrected chi connectivity index (χ4v) is 2.31. The van der Waals surface area contributed by atoms with Gasteiger partial charge in [0, 0.05) is 24.4 Å². The van der Waals surface area contributed by atoms with Gasteiger partial charge >= 0.3 is 0 Å². The molecule has 0 radical (unpaired) electrons. The molecule has 2 aromatic heterocycles. The molecule has 0 N–H and O–H groups in total. The molecule has 0 spiro atoms. The number of carbonyl (C=O) groups excluding carboxylic acids is 1. The largest absolute Gasteiger partial charge is 0.496 e. The van der Waals surface area contributed by atoms with E-state index in [1.807, 2.05) is 47.1 Å². The lowest BCUT2D eigenvalue weighted by molar-refractivity contribution is 0.112. The second-order valence-electron chi connectivity index (χ2n) is 4.53. The monoisotopic (exact) mass is 266 g/mol. The van der Waals surface area contributed by atoms with Gasteiger partial charge in [-0.3, -0.25) is 4.79 Å². The van der Waals surface area contributed by atoms with Gasteiger partial charge in [-0.05, 0) is 18.2 Å². The second kappa shape index (κ2) is 5.17. The van der Waals surface area contributed by atoms with Crippen LogP contribution in [0.4, 0.5) is 0 Å². The van der Waals surface area contributed by atoms with E-state index in [0.29, 0.717) is 17.6 Å². The Kier molecular flexibility index (Phi) is 3.21. The highest BCUT2D eigenvalue weighted by molar-refractivity contribution is 5.84. The standard InChI is InChI=1S/C16H14N2O2/c1-20-15-7-3-2-5-12(15)9-14-10-18-8-4-6-13(11-19)16(18)17-14/h2-8,10-11H,9H2,1H3. The van der Waals surface area contributed by atoms with E-state index in [1.165, 1.54) is 0 Å². The van der Waals surface area contributed by atoms with Crippen molar-refractivity contribution in [3.05, 3.63) is 65.6 Å². The van der Waals surface area contributed by atoms with Crippen molar-refractivity contribution >= 4 is 11.9 Å². The number of hydrogen-bond donors (Lipinski definition) is 0. The maximum absolute atomic E-state index is 11.0. The number of pyridine rings is 1. The van der Waals surface area contributed by atoms with E-state index in [1.54, 1.807) is 13.2 Å². The first-order chi connectivity index (χ1) is 9.81. The van der Waals surface area contributed by atoms with Crippen molar-refractivity contribution < 1.29 is 9.53 Å². The molecule has 0 amide bonds. The van der Waals surface area contributed by atoms with Gasteiger partial charge < -0.3 is 9.14 Å². The zero-order valence-corrected chi connectivity index (χ0v) is 11.1. The number of fused-ring (bicyclic) bond motifs is 1. The van der Waals surface area contributed by atoms with Crippen LogP contribution < -0.4 is 4.74 Å². The molecular formula is C16H14N2O2. The second-order valence-corrected chi connectivity index (χ2v) is 4.53. The summed E-state index contributed by atoms with van der Waals surface area (Å²) in [5, 5.41) is 0. The lowest BCUT2D eigenvalue weighted by Gasteiger charge is -2.05. The quantitative estimate of drug-likeness (QED) is 0.682. The molecule has 1 aromatic carbocycles. The highest BCUT2D eigenvalue weighted by Crippen LogP contribution is 2.21. The highest BCUT2D eigenvalue weighted by atomic mass is 16.5. The van der Waals surface area contributed by atoms with E-state index < -0.39 is 0 Å². The molecule has 100 valence electrons. The van der Waals surface area contributed by atoms with Crippen molar-refractivity contribution in [1.29, 1.82) is 0 Å². The topological polar surface area (TPSA) is 43.6 Å². The van der Waals surface area contributed by atoms with Gasteiger partial charge in [-0.25, -0.2) is 4.98 Å². The minimum Gasteiger partial charge on any atom is -0.496 e. The summed E-state index contributed by atoms with van der Waals surface area (Å²) in [4.78, 5) is 15.5. The first-order valence-electron chi connectivity index (χ1n) is 6.35. The summed E-state index contributed by atoms with van der Waals surface area (Å²) in [6.07, 6.45) is 5.33. The summed E-state index contributed by atoms with van der Waals surface area (Å²) in [7, 11) is 1.66. The Labute approximate surface area is 116 Å². The molecule has 0 aliphatic heterocycles. The molecule has 0 bridgehead atoms. The van der Waals surface area contributed by atoms with E-state index >= 15 is 0 Å². The molecule has 4 nitrogen and oxygen atoms in total. The Hall–Kier alpha value is -2.62. The van der Waals surface area contributed by atoms with Gasteiger partial charge in [0.15, 0.2) is 6.29 Å². The fraction of sp³-hybridized carbons (Fsp3) is 0.125. The van der Waals surface area contributed by atoms with E-state index in [0.717, 1.165) is 23.3 Å². The average molecular weight is 266 g/mol. The van der Waals surface area contributed by atoms with Gasteiger partial charge in [0.2, 0.25) is 0 Å². The molecular weight excluding hydrogens is 252 g/mol. The number of benzene rings is 1. The van der Waals surface area contributed by atoms with E-state index in [4.69, 9.17) is 4.74 Å². The van der Waals surface area contributed by atoms with Crippen molar-refractivity contribution in [2.24, 2.45) is 0 Å². The molecule has 0 saturated carbocycles. The zero-order chi connectivity index (χ0) is 13.9. The molecule has 0 atom stereocenters. The number of methoxy groups -OCH3 is 1. The molecule has 2 heterocycles. The summed E-state index contributed by atoms with van der Waals surface area (Å²) in [5.74, 6) is 0.847. The van der Waals surface area contributed by atoms with Crippen LogP contribution in [-0.2, 0) is 6.42 Å². The number of ether oxygens (including phenoxy) is 1. The van der Waals surface area contributed by atoms with Gasteiger partial charge in [-0.15, -0.1) is 0 Å². The maximum atomic E-state index is 11.0. The molecule has 0 fully saturated rings. The predicted octanol–water partition coefficient (Wildman–Crippen LogP) is 2.75. The normalized spacial score (nSPS) is 10.7. The average Bonchev–Trinajstić information content (AvgIpc) is 2.90. The molecule has 0 unspecified atom stereocenters. The highest BCUT2D eigenvalue weighted by Gasteiger charge is 2.08. The van der Waals surface area contributed by atoms with Gasteiger partial charge in [0.05, 0.1) is 18.4 Å². The van der Waals surface area contributed by atoms with Crippen LogP contribution in [0.25, 0.3) is 5.65 Å². The number of aromatic nitrogens is 2. The number of hydrogen-bond acceptors (Lipinski definition) is 3. The first-order valence-corrected chi connectivity index (χ1v) is 6.35. The molecule has 20 heavy (non-hydrogen) atoms. The van der Waals surface area contributed by atoms with Crippen molar-refractivity contribution in [1.82, 2.24) is 9.38 Å². The van der Waals surface area contributed by atoms with E-state index in [9.17, 15) is 4.79 Å². The van der Waals surface area contributed by atoms with Crippen LogP contribution in [0, 0.1) is 0 Å². The Morgan fingerprint density at radius 3 is 2.90 bits per heavy atom. The number of imidazole rings is 1. The number of carbonyl (C=O) groups is 1. The Morgan fingerprint density at radius 1 is 1.25 bits per heavy atom.